The zero-order chi connectivity index (χ0) is 22.7. The lowest BCUT2D eigenvalue weighted by atomic mass is 10.1. The van der Waals surface area contributed by atoms with Crippen LogP contribution >= 0.6 is 0 Å². The van der Waals surface area contributed by atoms with Crippen molar-refractivity contribution < 1.29 is 17.6 Å². The Kier molecular flexibility index (Phi) is 4.51. The summed E-state index contributed by atoms with van der Waals surface area (Å²) in [5, 5.41) is 4.17. The number of piperazine rings is 1. The van der Waals surface area contributed by atoms with Crippen LogP contribution in [-0.4, -0.2) is 51.1 Å². The molecule has 6 rings (SSSR count). The fourth-order valence-electron chi connectivity index (χ4n) is 4.44. The third-order valence-corrected chi connectivity index (χ3v) is 6.19. The van der Waals surface area contributed by atoms with Gasteiger partial charge in [0.25, 0.3) is 0 Å². The average molecular weight is 457 g/mol. The van der Waals surface area contributed by atoms with E-state index in [0.29, 0.717) is 30.3 Å². The number of halogens is 4. The van der Waals surface area contributed by atoms with Gasteiger partial charge in [0.1, 0.15) is 17.2 Å². The summed E-state index contributed by atoms with van der Waals surface area (Å²) in [6, 6.07) is 0.859. The summed E-state index contributed by atoms with van der Waals surface area (Å²) >= 11 is 0. The molecule has 0 bridgehead atoms. The van der Waals surface area contributed by atoms with Crippen molar-refractivity contribution in [2.24, 2.45) is 0 Å². The van der Waals surface area contributed by atoms with E-state index < -0.39 is 17.7 Å². The Balaban J connectivity index is 1.62. The van der Waals surface area contributed by atoms with E-state index >= 15 is 4.39 Å². The molecule has 0 spiro atoms. The maximum Gasteiger partial charge on any atom is 0.431 e. The van der Waals surface area contributed by atoms with Crippen LogP contribution in [0, 0.1) is 5.82 Å². The van der Waals surface area contributed by atoms with Crippen LogP contribution < -0.4 is 10.2 Å². The minimum Gasteiger partial charge on any atom is -0.353 e. The fourth-order valence-corrected chi connectivity index (χ4v) is 4.44. The molecule has 5 heterocycles. The van der Waals surface area contributed by atoms with Crippen molar-refractivity contribution in [3.05, 3.63) is 41.7 Å². The molecule has 1 saturated carbocycles. The summed E-state index contributed by atoms with van der Waals surface area (Å²) in [5.41, 5.74) is 0.429. The van der Waals surface area contributed by atoms with Crippen LogP contribution in [-0.2, 0) is 6.18 Å². The highest BCUT2D eigenvalue weighted by Crippen LogP contribution is 2.45. The monoisotopic (exact) mass is 457 g/mol. The predicted molar refractivity (Wildman–Crippen MR) is 114 cm³/mol. The fraction of sp³-hybridized carbons (Fsp3) is 0.364. The Bertz CT molecular complexity index is 1370. The Labute approximate surface area is 185 Å². The molecule has 4 aromatic rings. The number of hydrogen-bond donors (Lipinski definition) is 2. The van der Waals surface area contributed by atoms with Gasteiger partial charge in [-0.15, -0.1) is 0 Å². The topological polar surface area (TPSA) is 82.6 Å². The zero-order valence-electron chi connectivity index (χ0n) is 17.4. The van der Waals surface area contributed by atoms with Crippen molar-refractivity contribution in [3.63, 3.8) is 0 Å². The standard InChI is InChI=1S/C22H19F4N7/c23-14-9-29-19-12(7-16(31-19)22(24,25)26)17(14)20-30-15-10-28-8-13(11-1-2-11)18(15)21(32-20)33-5-3-27-4-6-33/h7-11,27H,1-6H2,(H,29,31). The summed E-state index contributed by atoms with van der Waals surface area (Å²) in [7, 11) is 0. The lowest BCUT2D eigenvalue weighted by Crippen LogP contribution is -2.44. The van der Waals surface area contributed by atoms with Gasteiger partial charge >= 0.3 is 6.18 Å². The maximum atomic E-state index is 15.0. The van der Waals surface area contributed by atoms with Gasteiger partial charge in [0.15, 0.2) is 11.6 Å². The summed E-state index contributed by atoms with van der Waals surface area (Å²) in [6.45, 7) is 2.94. The van der Waals surface area contributed by atoms with Crippen LogP contribution in [0.3, 0.4) is 0 Å². The molecule has 11 heteroatoms. The highest BCUT2D eigenvalue weighted by atomic mass is 19.4. The highest BCUT2D eigenvalue weighted by Gasteiger charge is 2.34. The first-order valence-corrected chi connectivity index (χ1v) is 10.8. The Morgan fingerprint density at radius 3 is 2.55 bits per heavy atom. The Morgan fingerprint density at radius 2 is 1.82 bits per heavy atom. The van der Waals surface area contributed by atoms with Gasteiger partial charge < -0.3 is 15.2 Å². The molecule has 0 amide bonds. The molecule has 170 valence electrons. The number of aromatic amines is 1. The lowest BCUT2D eigenvalue weighted by Gasteiger charge is -2.30. The van der Waals surface area contributed by atoms with E-state index in [1.54, 1.807) is 6.20 Å². The summed E-state index contributed by atoms with van der Waals surface area (Å²) < 4.78 is 54.9. The maximum absolute atomic E-state index is 15.0. The van der Waals surface area contributed by atoms with Crippen molar-refractivity contribution in [3.8, 4) is 11.4 Å². The molecule has 1 aliphatic heterocycles. The number of anilines is 1. The van der Waals surface area contributed by atoms with Crippen molar-refractivity contribution in [2.75, 3.05) is 31.1 Å². The van der Waals surface area contributed by atoms with Crippen LogP contribution in [0.4, 0.5) is 23.4 Å². The first kappa shape index (κ1) is 20.3. The lowest BCUT2D eigenvalue weighted by molar-refractivity contribution is -0.140. The molecule has 0 unspecified atom stereocenters. The van der Waals surface area contributed by atoms with E-state index in [0.717, 1.165) is 49.1 Å². The molecule has 0 aromatic carbocycles. The normalized spacial score (nSPS) is 17.3. The minimum atomic E-state index is -4.62. The highest BCUT2D eigenvalue weighted by molar-refractivity contribution is 5.97. The Morgan fingerprint density at radius 1 is 1.03 bits per heavy atom. The van der Waals surface area contributed by atoms with Gasteiger partial charge in [-0.2, -0.15) is 13.2 Å². The quantitative estimate of drug-likeness (QED) is 0.453. The number of aromatic nitrogens is 5. The second kappa shape index (κ2) is 7.34. The first-order valence-electron chi connectivity index (χ1n) is 10.8. The van der Waals surface area contributed by atoms with Crippen LogP contribution in [0.15, 0.2) is 24.7 Å². The van der Waals surface area contributed by atoms with Gasteiger partial charge in [0, 0.05) is 43.1 Å². The molecule has 0 atom stereocenters. The smallest absolute Gasteiger partial charge is 0.353 e. The van der Waals surface area contributed by atoms with Crippen molar-refractivity contribution in [1.82, 2.24) is 30.2 Å². The number of H-pyrrole nitrogens is 1. The summed E-state index contributed by atoms with van der Waals surface area (Å²) in [6.07, 6.45) is 1.84. The Hall–Kier alpha value is -3.34. The largest absolute Gasteiger partial charge is 0.431 e. The van der Waals surface area contributed by atoms with E-state index in [1.165, 1.54) is 0 Å². The molecule has 1 saturated heterocycles. The number of nitrogens with zero attached hydrogens (tertiary/aromatic N) is 5. The number of pyridine rings is 2. The van der Waals surface area contributed by atoms with E-state index in [2.05, 4.69) is 30.2 Å². The number of alkyl halides is 3. The van der Waals surface area contributed by atoms with Gasteiger partial charge in [-0.3, -0.25) is 4.98 Å². The average Bonchev–Trinajstić information content (AvgIpc) is 3.55. The molecule has 2 aliphatic rings. The third kappa shape index (κ3) is 3.47. The van der Waals surface area contributed by atoms with Crippen LogP contribution in [0.1, 0.15) is 30.0 Å². The SMILES string of the molecule is Fc1cnc2[nH]c(C(F)(F)F)cc2c1-c1nc(N2CCNCC2)c2c(C3CC3)cncc2n1. The summed E-state index contributed by atoms with van der Waals surface area (Å²) in [4.78, 5) is 21.8. The third-order valence-electron chi connectivity index (χ3n) is 6.19. The van der Waals surface area contributed by atoms with Gasteiger partial charge in [0.05, 0.1) is 23.5 Å². The summed E-state index contributed by atoms with van der Waals surface area (Å²) in [5.74, 6) is 0.285. The van der Waals surface area contributed by atoms with Crippen molar-refractivity contribution in [2.45, 2.75) is 24.9 Å². The van der Waals surface area contributed by atoms with Crippen molar-refractivity contribution >= 4 is 27.8 Å². The molecule has 33 heavy (non-hydrogen) atoms. The number of nitrogens with one attached hydrogen (secondary N) is 2. The second-order valence-corrected chi connectivity index (χ2v) is 8.43. The van der Waals surface area contributed by atoms with Gasteiger partial charge in [-0.25, -0.2) is 19.3 Å². The van der Waals surface area contributed by atoms with E-state index in [1.807, 2.05) is 6.20 Å². The van der Waals surface area contributed by atoms with E-state index in [-0.39, 0.29) is 22.4 Å². The molecule has 7 nitrogen and oxygen atoms in total. The molecule has 0 radical (unpaired) electrons. The zero-order valence-corrected chi connectivity index (χ0v) is 17.4. The van der Waals surface area contributed by atoms with Gasteiger partial charge in [-0.1, -0.05) is 0 Å². The number of rotatable bonds is 3. The minimum absolute atomic E-state index is 0.0146. The van der Waals surface area contributed by atoms with Gasteiger partial charge in [0.2, 0.25) is 0 Å². The molecular weight excluding hydrogens is 438 g/mol. The first-order chi connectivity index (χ1) is 15.9. The predicted octanol–water partition coefficient (Wildman–Crippen LogP) is 4.01. The molecule has 2 fully saturated rings. The van der Waals surface area contributed by atoms with Crippen LogP contribution in [0.5, 0.6) is 0 Å². The molecular formula is C22H19F4N7. The van der Waals surface area contributed by atoms with Crippen molar-refractivity contribution in [1.29, 1.82) is 0 Å². The molecule has 2 N–H and O–H groups in total. The van der Waals surface area contributed by atoms with E-state index in [9.17, 15) is 13.2 Å². The van der Waals surface area contributed by atoms with Crippen LogP contribution in [0.25, 0.3) is 33.3 Å². The second-order valence-electron chi connectivity index (χ2n) is 8.43. The molecule has 1 aliphatic carbocycles. The number of hydrogen-bond acceptors (Lipinski definition) is 6. The van der Waals surface area contributed by atoms with Gasteiger partial charge in [-0.05, 0) is 30.4 Å². The number of fused-ring (bicyclic) bond motifs is 2. The van der Waals surface area contributed by atoms with E-state index in [4.69, 9.17) is 4.98 Å². The molecule has 4 aromatic heterocycles. The van der Waals surface area contributed by atoms with Crippen LogP contribution in [0.2, 0.25) is 0 Å².